The van der Waals surface area contributed by atoms with E-state index in [-0.39, 0.29) is 24.0 Å². The number of carbonyl (C=O) groups is 2. The van der Waals surface area contributed by atoms with Crippen LogP contribution in [-0.2, 0) is 9.59 Å². The topological polar surface area (TPSA) is 115 Å². The normalized spacial score (nSPS) is 24.6. The quantitative estimate of drug-likeness (QED) is 0.371. The van der Waals surface area contributed by atoms with Crippen LogP contribution in [0.2, 0.25) is 0 Å². The lowest BCUT2D eigenvalue weighted by atomic mass is 9.83. The van der Waals surface area contributed by atoms with Crippen LogP contribution >= 0.6 is 0 Å². The van der Waals surface area contributed by atoms with Crippen molar-refractivity contribution in [2.45, 2.75) is 38.1 Å². The highest BCUT2D eigenvalue weighted by atomic mass is 16.5. The van der Waals surface area contributed by atoms with E-state index in [2.05, 4.69) is 18.2 Å². The highest BCUT2D eigenvalue weighted by Gasteiger charge is 2.27. The van der Waals surface area contributed by atoms with E-state index < -0.39 is 30.7 Å². The molecule has 4 N–H and O–H groups in total. The predicted molar refractivity (Wildman–Crippen MR) is 128 cm³/mol. The van der Waals surface area contributed by atoms with Gasteiger partial charge in [-0.1, -0.05) is 71.9 Å². The summed E-state index contributed by atoms with van der Waals surface area (Å²) in [6, 6.07) is 0. The van der Waals surface area contributed by atoms with E-state index in [4.69, 9.17) is 5.11 Å². The zero-order chi connectivity index (χ0) is 24.2. The molecule has 0 amide bonds. The Hall–Kier alpha value is -2.90. The minimum Gasteiger partial charge on any atom is -0.389 e. The summed E-state index contributed by atoms with van der Waals surface area (Å²) in [5, 5.41) is 38.6. The van der Waals surface area contributed by atoms with Crippen molar-refractivity contribution in [1.82, 2.24) is 0 Å². The fourth-order valence-corrected chi connectivity index (χ4v) is 4.82. The Morgan fingerprint density at radius 1 is 0.882 bits per heavy atom. The van der Waals surface area contributed by atoms with Gasteiger partial charge in [0.15, 0.2) is 17.9 Å². The molecule has 34 heavy (non-hydrogen) atoms. The van der Waals surface area contributed by atoms with Crippen LogP contribution in [0.15, 0.2) is 94.7 Å². The van der Waals surface area contributed by atoms with Crippen LogP contribution in [0.3, 0.4) is 0 Å². The minimum atomic E-state index is -1.78. The van der Waals surface area contributed by atoms with E-state index in [9.17, 15) is 24.9 Å². The van der Waals surface area contributed by atoms with Gasteiger partial charge in [-0.2, -0.15) is 0 Å². The van der Waals surface area contributed by atoms with Gasteiger partial charge in [0.05, 0.1) is 17.9 Å². The number of aliphatic hydroxyl groups excluding tert-OH is 3. The molecule has 178 valence electrons. The molecule has 4 aliphatic carbocycles. The number of hydrogen-bond acceptors (Lipinski definition) is 6. The van der Waals surface area contributed by atoms with Gasteiger partial charge >= 0.3 is 0 Å². The Bertz CT molecular complexity index is 1090. The van der Waals surface area contributed by atoms with E-state index in [1.54, 1.807) is 6.08 Å². The summed E-state index contributed by atoms with van der Waals surface area (Å²) in [6.45, 7) is -0.707. The first-order valence-electron chi connectivity index (χ1n) is 11.7. The van der Waals surface area contributed by atoms with Crippen molar-refractivity contribution in [3.05, 3.63) is 94.7 Å². The number of carbonyl (C=O) groups excluding carboxylic acids is 2. The number of hydrogen-bond donors (Lipinski definition) is 4. The van der Waals surface area contributed by atoms with Crippen molar-refractivity contribution in [3.8, 4) is 0 Å². The second kappa shape index (κ2) is 10.6. The molecule has 0 aliphatic heterocycles. The first-order valence-corrected chi connectivity index (χ1v) is 11.7. The monoisotopic (exact) mass is 462 g/mol. The van der Waals surface area contributed by atoms with Crippen LogP contribution in [0.4, 0.5) is 0 Å². The van der Waals surface area contributed by atoms with E-state index in [1.807, 2.05) is 42.5 Å². The number of fused-ring (bicyclic) bond motifs is 2. The Kier molecular flexibility index (Phi) is 7.54. The van der Waals surface area contributed by atoms with E-state index in [0.29, 0.717) is 24.8 Å². The van der Waals surface area contributed by atoms with Gasteiger partial charge in [-0.25, -0.2) is 0 Å². The van der Waals surface area contributed by atoms with Crippen molar-refractivity contribution in [2.75, 3.05) is 6.61 Å². The summed E-state index contributed by atoms with van der Waals surface area (Å²) >= 11 is 0. The summed E-state index contributed by atoms with van der Waals surface area (Å²) in [5.74, 6) is -1.71. The van der Waals surface area contributed by atoms with Gasteiger partial charge in [-0.3, -0.25) is 9.59 Å². The van der Waals surface area contributed by atoms with Gasteiger partial charge in [-0.05, 0) is 48.5 Å². The molecular weight excluding hydrogens is 432 g/mol. The van der Waals surface area contributed by atoms with Gasteiger partial charge in [0, 0.05) is 5.92 Å². The average Bonchev–Trinajstić information content (AvgIpc) is 3.24. The van der Waals surface area contributed by atoms with Gasteiger partial charge < -0.3 is 20.4 Å². The van der Waals surface area contributed by atoms with E-state index in [1.165, 1.54) is 0 Å². The third-order valence-electron chi connectivity index (χ3n) is 6.79. The molecule has 6 nitrogen and oxygen atoms in total. The molecule has 0 aromatic rings. The summed E-state index contributed by atoms with van der Waals surface area (Å²) in [5.41, 5.74) is 4.83. The largest absolute Gasteiger partial charge is 0.389 e. The highest BCUT2D eigenvalue weighted by molar-refractivity contribution is 5.98. The number of aliphatic hydroxyl groups is 4. The smallest absolute Gasteiger partial charge is 0.167 e. The SMILES string of the molecule is O=C1C=C(C(O)CCC2=CC3C=C(CCC(C(=O)CO)C(O)O)C=CC3=C2)C=C2C=CC=CC12. The Balaban J connectivity index is 1.33. The zero-order valence-electron chi connectivity index (χ0n) is 18.9. The third-order valence-corrected chi connectivity index (χ3v) is 6.79. The van der Waals surface area contributed by atoms with Crippen molar-refractivity contribution in [2.24, 2.45) is 17.8 Å². The van der Waals surface area contributed by atoms with Crippen LogP contribution < -0.4 is 0 Å². The van der Waals surface area contributed by atoms with Crippen molar-refractivity contribution < 1.29 is 30.0 Å². The maximum absolute atomic E-state index is 12.4. The maximum Gasteiger partial charge on any atom is 0.167 e. The predicted octanol–water partition coefficient (Wildman–Crippen LogP) is 2.55. The first-order chi connectivity index (χ1) is 16.4. The molecule has 0 saturated heterocycles. The fraction of sp³-hybridized carbons (Fsp3) is 0.357. The Morgan fingerprint density at radius 3 is 2.41 bits per heavy atom. The molecule has 0 fully saturated rings. The molecule has 0 heterocycles. The summed E-state index contributed by atoms with van der Waals surface area (Å²) < 4.78 is 0. The summed E-state index contributed by atoms with van der Waals surface area (Å²) in [6.07, 6.45) is 20.8. The molecular formula is C28H30O6. The molecule has 0 saturated carbocycles. The number of allylic oxidation sites excluding steroid dienone is 14. The van der Waals surface area contributed by atoms with Gasteiger partial charge in [-0.15, -0.1) is 0 Å². The molecule has 4 aliphatic rings. The van der Waals surface area contributed by atoms with Gasteiger partial charge in [0.1, 0.15) is 6.61 Å². The van der Waals surface area contributed by atoms with Crippen LogP contribution in [0, 0.1) is 17.8 Å². The number of Topliss-reactive ketones (excluding diaryl/α,β-unsaturated/α-hetero) is 1. The standard InChI is InChI=1S/C28H30O6/c29-16-27(32)24(28(33)34)9-6-17-5-8-19-12-18(13-21(19)11-17)7-10-25(30)22-14-20-3-1-2-4-23(20)26(31)15-22/h1-5,8,11-15,21,23-25,28-30,33-34H,6-7,9-10,16H2. The molecule has 0 aromatic carbocycles. The van der Waals surface area contributed by atoms with E-state index >= 15 is 0 Å². The zero-order valence-corrected chi connectivity index (χ0v) is 18.9. The molecule has 0 bridgehead atoms. The van der Waals surface area contributed by atoms with Crippen LogP contribution in [0.25, 0.3) is 0 Å². The number of rotatable bonds is 10. The molecule has 4 rings (SSSR count). The Labute approximate surface area is 199 Å². The minimum absolute atomic E-state index is 0.000169. The Morgan fingerprint density at radius 2 is 1.65 bits per heavy atom. The third kappa shape index (κ3) is 5.42. The van der Waals surface area contributed by atoms with Gasteiger partial charge in [0.2, 0.25) is 0 Å². The first kappa shape index (κ1) is 24.2. The maximum atomic E-state index is 12.4. The van der Waals surface area contributed by atoms with Crippen molar-refractivity contribution >= 4 is 11.6 Å². The average molecular weight is 463 g/mol. The fourth-order valence-electron chi connectivity index (χ4n) is 4.82. The van der Waals surface area contributed by atoms with Crippen LogP contribution in [0.5, 0.6) is 0 Å². The molecule has 6 heteroatoms. The van der Waals surface area contributed by atoms with Crippen LogP contribution in [-0.4, -0.2) is 51.0 Å². The summed E-state index contributed by atoms with van der Waals surface area (Å²) in [7, 11) is 0. The lowest BCUT2D eigenvalue weighted by Crippen LogP contribution is -2.30. The lowest BCUT2D eigenvalue weighted by Gasteiger charge is -2.22. The molecule has 4 atom stereocenters. The molecule has 4 unspecified atom stereocenters. The second-order valence-electron chi connectivity index (χ2n) is 9.14. The van der Waals surface area contributed by atoms with Gasteiger partial charge in [0.25, 0.3) is 0 Å². The molecule has 0 aromatic heterocycles. The lowest BCUT2D eigenvalue weighted by molar-refractivity contribution is -0.143. The number of ketones is 2. The van der Waals surface area contributed by atoms with Crippen molar-refractivity contribution in [1.29, 1.82) is 0 Å². The highest BCUT2D eigenvalue weighted by Crippen LogP contribution is 2.35. The van der Waals surface area contributed by atoms with E-state index in [0.717, 1.165) is 22.3 Å². The second-order valence-corrected chi connectivity index (χ2v) is 9.14. The molecule has 0 radical (unpaired) electrons. The molecule has 0 spiro atoms. The summed E-state index contributed by atoms with van der Waals surface area (Å²) in [4.78, 5) is 24.1. The van der Waals surface area contributed by atoms with Crippen LogP contribution in [0.1, 0.15) is 25.7 Å². The van der Waals surface area contributed by atoms with Crippen molar-refractivity contribution in [3.63, 3.8) is 0 Å².